The fraction of sp³-hybridized carbons (Fsp3) is 0.800. The number of fused-ring (bicyclic) bond motifs is 5. The number of nitrogens with zero attached hydrogens (tertiary/aromatic N) is 1. The van der Waals surface area contributed by atoms with Gasteiger partial charge in [-0.25, -0.2) is 4.39 Å². The van der Waals surface area contributed by atoms with Crippen molar-refractivity contribution in [2.24, 2.45) is 40.7 Å². The Morgan fingerprint density at radius 3 is 2.36 bits per heavy atom. The highest BCUT2D eigenvalue weighted by molar-refractivity contribution is 6.32. The van der Waals surface area contributed by atoms with E-state index >= 15 is 0 Å². The van der Waals surface area contributed by atoms with Crippen molar-refractivity contribution >= 4 is 41.1 Å². The summed E-state index contributed by atoms with van der Waals surface area (Å²) in [6.07, 6.45) is 0.125. The van der Waals surface area contributed by atoms with Crippen LogP contribution >= 0.6 is 11.6 Å². The van der Waals surface area contributed by atoms with Crippen molar-refractivity contribution in [1.29, 1.82) is 0 Å². The van der Waals surface area contributed by atoms with Gasteiger partial charge in [0.05, 0.1) is 0 Å². The first-order valence-corrected chi connectivity index (χ1v) is 13.6. The second-order valence-corrected chi connectivity index (χ2v) is 12.8. The van der Waals surface area contributed by atoms with E-state index in [-0.39, 0.29) is 30.7 Å². The Labute approximate surface area is 229 Å². The molecule has 14 heteroatoms. The number of nitrogens with one attached hydrogen (secondary N) is 3. The molecule has 2 aliphatic heterocycles. The first kappa shape index (κ1) is 29.4. The Morgan fingerprint density at radius 1 is 1.15 bits per heavy atom. The number of likely N-dealkylation sites (tertiary alicyclic amines) is 1. The molecule has 9 atom stereocenters. The van der Waals surface area contributed by atoms with Gasteiger partial charge >= 0.3 is 11.3 Å². The molecule has 0 radical (unpaired) electrons. The maximum absolute atomic E-state index is 14.9. The van der Waals surface area contributed by atoms with Crippen molar-refractivity contribution in [3.05, 3.63) is 0 Å². The van der Waals surface area contributed by atoms with Gasteiger partial charge in [-0.2, -0.15) is 8.78 Å². The number of alkyl halides is 4. The highest BCUT2D eigenvalue weighted by atomic mass is 35.5. The Hall–Kier alpha value is -2.57. The van der Waals surface area contributed by atoms with E-state index in [0.29, 0.717) is 25.8 Å². The summed E-state index contributed by atoms with van der Waals surface area (Å²) in [5, 5.41) is 3.00. The Morgan fingerprint density at radius 2 is 1.82 bits per heavy atom. The Balaban J connectivity index is 1.62. The second kappa shape index (κ2) is 10.4. The van der Waals surface area contributed by atoms with E-state index < -0.39 is 76.5 Å². The molecule has 4 rings (SSSR count). The van der Waals surface area contributed by atoms with Crippen molar-refractivity contribution in [3.8, 4) is 0 Å². The van der Waals surface area contributed by atoms with Crippen molar-refractivity contribution in [2.75, 3.05) is 13.1 Å². The van der Waals surface area contributed by atoms with Crippen LogP contribution in [0.3, 0.4) is 0 Å². The van der Waals surface area contributed by atoms with E-state index in [9.17, 15) is 37.1 Å². The highest BCUT2D eigenvalue weighted by Crippen LogP contribution is 2.58. The van der Waals surface area contributed by atoms with Crippen LogP contribution in [0, 0.1) is 35.0 Å². The topological polar surface area (TPSA) is 151 Å². The summed E-state index contributed by atoms with van der Waals surface area (Å²) in [4.78, 5) is 65.1. The molecule has 39 heavy (non-hydrogen) atoms. The average Bonchev–Trinajstić information content (AvgIpc) is 3.56. The van der Waals surface area contributed by atoms with Crippen molar-refractivity contribution in [2.45, 2.75) is 76.1 Å². The number of rotatable bonds is 8. The molecule has 0 aromatic heterocycles. The number of nitrogens with two attached hydrogens (primary N) is 1. The van der Waals surface area contributed by atoms with Crippen LogP contribution in [-0.4, -0.2) is 77.2 Å². The largest absolute Gasteiger partial charge is 0.399 e. The SMILES string of the molecule is CC(C)(C)[C@H](NC(=O)C(F)(F)Cl)C(=O)N1C[C@@H]2[C@H]3C[C@@H]([C@@H]2[C@H]1C(=O)N[C@@H](C[C@@H]1CCNC1=O)C(N)=O)[C@H](F)C3. The lowest BCUT2D eigenvalue weighted by Crippen LogP contribution is -2.61. The van der Waals surface area contributed by atoms with Gasteiger partial charge in [-0.1, -0.05) is 20.8 Å². The molecular weight excluding hydrogens is 543 g/mol. The second-order valence-electron chi connectivity index (χ2n) is 12.3. The number of hydrogen-bond donors (Lipinski definition) is 4. The number of amides is 5. The number of carbonyl (C=O) groups is 5. The molecule has 4 fully saturated rings. The van der Waals surface area contributed by atoms with Crippen molar-refractivity contribution < 1.29 is 37.1 Å². The average molecular weight is 578 g/mol. The molecule has 2 saturated heterocycles. The maximum Gasteiger partial charge on any atom is 0.399 e. The summed E-state index contributed by atoms with van der Waals surface area (Å²) in [6, 6.07) is -3.90. The molecule has 10 nitrogen and oxygen atoms in total. The number of hydrogen-bond acceptors (Lipinski definition) is 5. The first-order valence-electron chi connectivity index (χ1n) is 13.2. The van der Waals surface area contributed by atoms with E-state index in [1.807, 2.05) is 5.32 Å². The van der Waals surface area contributed by atoms with Gasteiger partial charge in [0.1, 0.15) is 24.3 Å². The molecule has 0 spiro atoms. The molecule has 5 N–H and O–H groups in total. The summed E-state index contributed by atoms with van der Waals surface area (Å²) in [5.41, 5.74) is 4.48. The molecule has 2 bridgehead atoms. The predicted molar refractivity (Wildman–Crippen MR) is 133 cm³/mol. The van der Waals surface area contributed by atoms with Gasteiger partial charge < -0.3 is 26.6 Å². The normalized spacial score (nSPS) is 33.4. The lowest BCUT2D eigenvalue weighted by Gasteiger charge is -2.37. The number of carbonyl (C=O) groups excluding carboxylic acids is 5. The van der Waals surface area contributed by atoms with Crippen LogP contribution in [0.25, 0.3) is 0 Å². The standard InChI is InChI=1S/C25H35ClF3N5O5/c1-24(2,3)18(33-23(39)25(26,28)29)22(38)34-9-13-11-6-12(14(27)7-11)16(13)17(34)21(37)32-15(19(30)35)8-10-4-5-31-20(10)36/h10-18H,4-9H2,1-3H3,(H2,30,35)(H,31,36)(H,32,37)(H,33,39)/t10-,11-,12+,13+,14+,15-,16-,17-,18+/m0/s1. The minimum Gasteiger partial charge on any atom is -0.368 e. The summed E-state index contributed by atoms with van der Waals surface area (Å²) < 4.78 is 41.9. The predicted octanol–water partition coefficient (Wildman–Crippen LogP) is 0.666. The van der Waals surface area contributed by atoms with Gasteiger partial charge in [0.2, 0.25) is 23.6 Å². The van der Waals surface area contributed by atoms with E-state index in [1.54, 1.807) is 20.8 Å². The minimum absolute atomic E-state index is 0.0368. The third-order valence-corrected chi connectivity index (χ3v) is 8.98. The molecule has 0 aromatic carbocycles. The molecule has 2 aliphatic carbocycles. The molecule has 0 aromatic rings. The van der Waals surface area contributed by atoms with Gasteiger partial charge in [-0.15, -0.1) is 0 Å². The molecular formula is C25H35ClF3N5O5. The number of halogens is 4. The van der Waals surface area contributed by atoms with E-state index in [2.05, 4.69) is 10.6 Å². The van der Waals surface area contributed by atoms with Crippen LogP contribution in [0.1, 0.15) is 46.5 Å². The highest BCUT2D eigenvalue weighted by Gasteiger charge is 2.63. The fourth-order valence-electron chi connectivity index (χ4n) is 6.95. The van der Waals surface area contributed by atoms with Crippen LogP contribution in [-0.2, 0) is 24.0 Å². The third kappa shape index (κ3) is 5.69. The fourth-order valence-corrected chi connectivity index (χ4v) is 7.01. The lowest BCUT2D eigenvalue weighted by molar-refractivity contribution is -0.148. The zero-order chi connectivity index (χ0) is 29.0. The Bertz CT molecular complexity index is 1050. The van der Waals surface area contributed by atoms with Gasteiger partial charge in [0.15, 0.2) is 0 Å². The smallest absolute Gasteiger partial charge is 0.368 e. The number of primary amides is 1. The van der Waals surface area contributed by atoms with Crippen molar-refractivity contribution in [3.63, 3.8) is 0 Å². The van der Waals surface area contributed by atoms with Crippen LogP contribution in [0.5, 0.6) is 0 Å². The zero-order valence-corrected chi connectivity index (χ0v) is 22.8. The molecule has 218 valence electrons. The van der Waals surface area contributed by atoms with Crippen LogP contribution in [0.2, 0.25) is 0 Å². The quantitative estimate of drug-likeness (QED) is 0.313. The van der Waals surface area contributed by atoms with Gasteiger partial charge in [0.25, 0.3) is 0 Å². The zero-order valence-electron chi connectivity index (χ0n) is 22.0. The summed E-state index contributed by atoms with van der Waals surface area (Å²) in [7, 11) is 0. The van der Waals surface area contributed by atoms with Crippen LogP contribution in [0.15, 0.2) is 0 Å². The van der Waals surface area contributed by atoms with E-state index in [1.165, 1.54) is 4.90 Å². The molecule has 5 amide bonds. The maximum atomic E-state index is 14.9. The molecule has 2 saturated carbocycles. The lowest BCUT2D eigenvalue weighted by atomic mass is 9.77. The third-order valence-electron chi connectivity index (χ3n) is 8.81. The van der Waals surface area contributed by atoms with Gasteiger partial charge in [-0.3, -0.25) is 24.0 Å². The van der Waals surface area contributed by atoms with Crippen LogP contribution in [0.4, 0.5) is 13.2 Å². The summed E-state index contributed by atoms with van der Waals surface area (Å²) in [6.45, 7) is 5.18. The molecule has 0 unspecified atom stereocenters. The Kier molecular flexibility index (Phi) is 7.87. The summed E-state index contributed by atoms with van der Waals surface area (Å²) in [5.74, 6) is -6.36. The summed E-state index contributed by atoms with van der Waals surface area (Å²) >= 11 is 4.88. The monoisotopic (exact) mass is 577 g/mol. The molecule has 2 heterocycles. The van der Waals surface area contributed by atoms with Crippen molar-refractivity contribution in [1.82, 2.24) is 20.9 Å². The van der Waals surface area contributed by atoms with E-state index in [0.717, 1.165) is 0 Å². The van der Waals surface area contributed by atoms with Crippen LogP contribution < -0.4 is 21.7 Å². The van der Waals surface area contributed by atoms with Gasteiger partial charge in [0, 0.05) is 19.0 Å². The van der Waals surface area contributed by atoms with Gasteiger partial charge in [-0.05, 0) is 66.4 Å². The first-order chi connectivity index (χ1) is 18.0. The minimum atomic E-state index is -4.26. The molecule has 4 aliphatic rings. The van der Waals surface area contributed by atoms with E-state index in [4.69, 9.17) is 17.3 Å².